The molecule has 1 aromatic rings. The zero-order valence-corrected chi connectivity index (χ0v) is 6.86. The van der Waals surface area contributed by atoms with E-state index in [1.165, 1.54) is 0 Å². The Labute approximate surface area is 71.5 Å². The third-order valence-corrected chi connectivity index (χ3v) is 1.46. The van der Waals surface area contributed by atoms with Gasteiger partial charge in [-0.3, -0.25) is 0 Å². The summed E-state index contributed by atoms with van der Waals surface area (Å²) in [6.45, 7) is 1.75. The molecule has 0 bridgehead atoms. The van der Waals surface area contributed by atoms with E-state index in [4.69, 9.17) is 0 Å². The van der Waals surface area contributed by atoms with Crippen LogP contribution in [0.3, 0.4) is 0 Å². The Balaban J connectivity index is 2.63. The van der Waals surface area contributed by atoms with Crippen LogP contribution < -0.4 is 0 Å². The summed E-state index contributed by atoms with van der Waals surface area (Å²) in [7, 11) is 0. The Morgan fingerprint density at radius 2 is 2.42 bits per heavy atom. The molecule has 0 aromatic carbocycles. The average molecular weight is 162 g/mol. The summed E-state index contributed by atoms with van der Waals surface area (Å²) in [5.41, 5.74) is 0.757. The molecule has 1 atom stereocenters. The lowest BCUT2D eigenvalue weighted by atomic mass is 10.1. The summed E-state index contributed by atoms with van der Waals surface area (Å²) in [4.78, 5) is 0. The molecule has 1 aromatic heterocycles. The van der Waals surface area contributed by atoms with E-state index >= 15 is 0 Å². The topological polar surface area (TPSA) is 46.0 Å². The molecule has 0 spiro atoms. The lowest BCUT2D eigenvalue weighted by Crippen LogP contribution is -1.96. The Hall–Kier alpha value is -1.40. The van der Waals surface area contributed by atoms with Gasteiger partial charge in [0, 0.05) is 18.2 Å². The lowest BCUT2D eigenvalue weighted by Gasteiger charge is -2.04. The number of aliphatic hydroxyl groups excluding tert-OH is 1. The van der Waals surface area contributed by atoms with Gasteiger partial charge in [0.2, 0.25) is 0 Å². The fourth-order valence-corrected chi connectivity index (χ4v) is 0.815. The maximum absolute atomic E-state index is 9.48. The largest absolute Gasteiger partial charge is 0.387 e. The Kier molecular flexibility index (Phi) is 3.24. The molecule has 1 N–H and O–H groups in total. The molecule has 0 fully saturated rings. The van der Waals surface area contributed by atoms with Crippen molar-refractivity contribution in [2.45, 2.75) is 19.4 Å². The molecule has 3 nitrogen and oxygen atoms in total. The van der Waals surface area contributed by atoms with Crippen molar-refractivity contribution in [1.29, 1.82) is 0 Å². The molecule has 0 aliphatic rings. The molecule has 1 unspecified atom stereocenters. The standard InChI is InChI=1S/C9H10N2O/c1-2-3-4-9(12)8-5-6-10-11-7-8/h5-7,9,12H,4H2,1H3. The van der Waals surface area contributed by atoms with E-state index in [0.717, 1.165) is 5.56 Å². The summed E-state index contributed by atoms with van der Waals surface area (Å²) in [5, 5.41) is 16.7. The van der Waals surface area contributed by atoms with Crippen LogP contribution in [0.25, 0.3) is 0 Å². The van der Waals surface area contributed by atoms with Crippen LogP contribution in [0.15, 0.2) is 18.5 Å². The maximum Gasteiger partial charge on any atom is 0.0915 e. The summed E-state index contributed by atoms with van der Waals surface area (Å²) in [6.07, 6.45) is 3.00. The predicted octanol–water partition coefficient (Wildman–Crippen LogP) is 0.923. The summed E-state index contributed by atoms with van der Waals surface area (Å²) < 4.78 is 0. The monoisotopic (exact) mass is 162 g/mol. The van der Waals surface area contributed by atoms with Crippen molar-refractivity contribution in [3.8, 4) is 11.8 Å². The molecule has 12 heavy (non-hydrogen) atoms. The minimum Gasteiger partial charge on any atom is -0.387 e. The highest BCUT2D eigenvalue weighted by Crippen LogP contribution is 2.12. The van der Waals surface area contributed by atoms with Crippen molar-refractivity contribution < 1.29 is 5.11 Å². The van der Waals surface area contributed by atoms with E-state index in [-0.39, 0.29) is 0 Å². The molecule has 3 heteroatoms. The van der Waals surface area contributed by atoms with Crippen LogP contribution in [0.2, 0.25) is 0 Å². The van der Waals surface area contributed by atoms with E-state index < -0.39 is 6.10 Å². The number of hydrogen-bond donors (Lipinski definition) is 1. The van der Waals surface area contributed by atoms with Crippen LogP contribution in [0, 0.1) is 11.8 Å². The first-order valence-corrected chi connectivity index (χ1v) is 3.69. The van der Waals surface area contributed by atoms with Crippen LogP contribution in [0.4, 0.5) is 0 Å². The molecule has 0 amide bonds. The van der Waals surface area contributed by atoms with Crippen LogP contribution in [-0.4, -0.2) is 15.3 Å². The molecule has 0 aliphatic heterocycles. The van der Waals surface area contributed by atoms with E-state index in [9.17, 15) is 5.11 Å². The van der Waals surface area contributed by atoms with Gasteiger partial charge in [-0.15, -0.1) is 11.8 Å². The van der Waals surface area contributed by atoms with Gasteiger partial charge in [0.15, 0.2) is 0 Å². The van der Waals surface area contributed by atoms with Crippen LogP contribution in [0.5, 0.6) is 0 Å². The Morgan fingerprint density at radius 3 is 3.00 bits per heavy atom. The van der Waals surface area contributed by atoms with Crippen LogP contribution >= 0.6 is 0 Å². The molecule has 62 valence electrons. The highest BCUT2D eigenvalue weighted by Gasteiger charge is 2.04. The van der Waals surface area contributed by atoms with Crippen molar-refractivity contribution in [2.24, 2.45) is 0 Å². The highest BCUT2D eigenvalue weighted by molar-refractivity contribution is 5.12. The number of aliphatic hydroxyl groups is 1. The maximum atomic E-state index is 9.48. The second-order valence-corrected chi connectivity index (χ2v) is 2.32. The number of nitrogens with zero attached hydrogens (tertiary/aromatic N) is 2. The van der Waals surface area contributed by atoms with Crippen molar-refractivity contribution in [1.82, 2.24) is 10.2 Å². The van der Waals surface area contributed by atoms with Gasteiger partial charge in [-0.1, -0.05) is 0 Å². The van der Waals surface area contributed by atoms with E-state index in [0.29, 0.717) is 6.42 Å². The molecule has 0 saturated carbocycles. The Morgan fingerprint density at radius 1 is 1.58 bits per heavy atom. The molecule has 1 heterocycles. The number of aromatic nitrogens is 2. The van der Waals surface area contributed by atoms with E-state index in [1.54, 1.807) is 25.4 Å². The van der Waals surface area contributed by atoms with Gasteiger partial charge in [0.1, 0.15) is 0 Å². The van der Waals surface area contributed by atoms with Crippen LogP contribution in [0.1, 0.15) is 25.0 Å². The summed E-state index contributed by atoms with van der Waals surface area (Å²) in [6, 6.07) is 1.73. The van der Waals surface area contributed by atoms with Gasteiger partial charge in [-0.05, 0) is 13.0 Å². The predicted molar refractivity (Wildman–Crippen MR) is 45.1 cm³/mol. The fourth-order valence-electron chi connectivity index (χ4n) is 0.815. The minimum absolute atomic E-state index is 0.447. The third-order valence-electron chi connectivity index (χ3n) is 1.46. The zero-order valence-electron chi connectivity index (χ0n) is 6.86. The molecule has 0 saturated heterocycles. The van der Waals surface area contributed by atoms with Crippen LogP contribution in [-0.2, 0) is 0 Å². The summed E-state index contributed by atoms with van der Waals surface area (Å²) in [5.74, 6) is 5.52. The van der Waals surface area contributed by atoms with Gasteiger partial charge in [0.25, 0.3) is 0 Å². The van der Waals surface area contributed by atoms with Gasteiger partial charge in [-0.2, -0.15) is 10.2 Å². The zero-order chi connectivity index (χ0) is 8.81. The third kappa shape index (κ3) is 2.33. The van der Waals surface area contributed by atoms with Crippen molar-refractivity contribution in [2.75, 3.05) is 0 Å². The van der Waals surface area contributed by atoms with Gasteiger partial charge in [0.05, 0.1) is 12.3 Å². The first-order chi connectivity index (χ1) is 5.84. The smallest absolute Gasteiger partial charge is 0.0915 e. The second-order valence-electron chi connectivity index (χ2n) is 2.32. The SMILES string of the molecule is CC#CCC(O)c1ccnnc1. The molecule has 1 rings (SSSR count). The number of rotatable bonds is 2. The van der Waals surface area contributed by atoms with Gasteiger partial charge < -0.3 is 5.11 Å². The highest BCUT2D eigenvalue weighted by atomic mass is 16.3. The van der Waals surface area contributed by atoms with Gasteiger partial charge >= 0.3 is 0 Å². The lowest BCUT2D eigenvalue weighted by molar-refractivity contribution is 0.183. The fraction of sp³-hybridized carbons (Fsp3) is 0.333. The van der Waals surface area contributed by atoms with E-state index in [2.05, 4.69) is 22.0 Å². The van der Waals surface area contributed by atoms with E-state index in [1.807, 2.05) is 0 Å². The first kappa shape index (κ1) is 8.69. The average Bonchev–Trinajstić information content (AvgIpc) is 2.15. The number of hydrogen-bond acceptors (Lipinski definition) is 3. The molecule has 0 aliphatic carbocycles. The normalized spacial score (nSPS) is 11.5. The van der Waals surface area contributed by atoms with Crippen molar-refractivity contribution in [3.63, 3.8) is 0 Å². The molecular weight excluding hydrogens is 152 g/mol. The quantitative estimate of drug-likeness (QED) is 0.658. The van der Waals surface area contributed by atoms with Gasteiger partial charge in [-0.25, -0.2) is 0 Å². The minimum atomic E-state index is -0.548. The van der Waals surface area contributed by atoms with Crippen molar-refractivity contribution >= 4 is 0 Å². The second kappa shape index (κ2) is 4.47. The summed E-state index contributed by atoms with van der Waals surface area (Å²) >= 11 is 0. The molecular formula is C9H10N2O. The molecule has 0 radical (unpaired) electrons. The first-order valence-electron chi connectivity index (χ1n) is 3.69. The van der Waals surface area contributed by atoms with Crippen molar-refractivity contribution in [3.05, 3.63) is 24.0 Å². The Bertz CT molecular complexity index is 286.